The van der Waals surface area contributed by atoms with Crippen molar-refractivity contribution in [3.63, 3.8) is 0 Å². The number of unbranched alkanes of at least 4 members (excludes halogenated alkanes) is 1. The minimum absolute atomic E-state index is 0.0852. The molecule has 0 saturated carbocycles. The number of nitrogens with zero attached hydrogens (tertiary/aromatic N) is 3. The van der Waals surface area contributed by atoms with E-state index in [1.807, 2.05) is 30.0 Å². The summed E-state index contributed by atoms with van der Waals surface area (Å²) in [6.07, 6.45) is 3.86. The van der Waals surface area contributed by atoms with Gasteiger partial charge >= 0.3 is 0 Å². The van der Waals surface area contributed by atoms with Crippen LogP contribution in [0.2, 0.25) is 15.1 Å². The van der Waals surface area contributed by atoms with Gasteiger partial charge in [-0.3, -0.25) is 9.69 Å². The van der Waals surface area contributed by atoms with Gasteiger partial charge in [-0.15, -0.1) is 0 Å². The summed E-state index contributed by atoms with van der Waals surface area (Å²) in [5, 5.41) is 1.60. The van der Waals surface area contributed by atoms with Gasteiger partial charge < -0.3 is 14.4 Å². The first-order valence-electron chi connectivity index (χ1n) is 12.2. The van der Waals surface area contributed by atoms with Crippen LogP contribution in [0.15, 0.2) is 36.5 Å². The van der Waals surface area contributed by atoms with Crippen molar-refractivity contribution in [1.29, 1.82) is 0 Å². The van der Waals surface area contributed by atoms with Crippen molar-refractivity contribution < 1.29 is 14.3 Å². The zero-order chi connectivity index (χ0) is 24.8. The average Bonchev–Trinajstić information content (AvgIpc) is 3.31. The van der Waals surface area contributed by atoms with Gasteiger partial charge in [-0.1, -0.05) is 40.9 Å². The zero-order valence-corrected chi connectivity index (χ0v) is 22.2. The second-order valence-electron chi connectivity index (χ2n) is 9.29. The van der Waals surface area contributed by atoms with E-state index in [2.05, 4.69) is 9.88 Å². The molecule has 3 heterocycles. The van der Waals surface area contributed by atoms with Crippen molar-refractivity contribution in [3.05, 3.63) is 57.2 Å². The van der Waals surface area contributed by atoms with Crippen LogP contribution in [0, 0.1) is 5.92 Å². The van der Waals surface area contributed by atoms with E-state index in [0.717, 1.165) is 51.3 Å². The van der Waals surface area contributed by atoms with Gasteiger partial charge in [-0.2, -0.15) is 0 Å². The summed E-state index contributed by atoms with van der Waals surface area (Å²) in [6, 6.07) is 9.24. The van der Waals surface area contributed by atoms with Gasteiger partial charge in [-0.25, -0.2) is 4.98 Å². The molecule has 4 rings (SSSR count). The quantitative estimate of drug-likeness (QED) is 0.390. The molecule has 190 valence electrons. The largest absolute Gasteiger partial charge is 0.474 e. The smallest absolute Gasteiger partial charge is 0.222 e. The van der Waals surface area contributed by atoms with Crippen molar-refractivity contribution in [2.45, 2.75) is 38.2 Å². The first kappa shape index (κ1) is 26.5. The predicted molar refractivity (Wildman–Crippen MR) is 140 cm³/mol. The second-order valence-corrected chi connectivity index (χ2v) is 10.5. The molecular formula is C26H32Cl3N3O3. The van der Waals surface area contributed by atoms with Crippen molar-refractivity contribution in [3.8, 4) is 5.88 Å². The monoisotopic (exact) mass is 539 g/mol. The number of rotatable bonds is 9. The maximum Gasteiger partial charge on any atom is 0.222 e. The summed E-state index contributed by atoms with van der Waals surface area (Å²) >= 11 is 18.5. The van der Waals surface area contributed by atoms with E-state index in [1.54, 1.807) is 18.3 Å². The summed E-state index contributed by atoms with van der Waals surface area (Å²) in [5.41, 5.74) is 1.06. The number of hydrogen-bond donors (Lipinski definition) is 0. The highest BCUT2D eigenvalue weighted by Crippen LogP contribution is 2.38. The van der Waals surface area contributed by atoms with Gasteiger partial charge in [0.2, 0.25) is 11.8 Å². The minimum atomic E-state index is -0.165. The van der Waals surface area contributed by atoms with E-state index < -0.39 is 0 Å². The molecular weight excluding hydrogens is 509 g/mol. The molecule has 1 amide bonds. The van der Waals surface area contributed by atoms with E-state index in [-0.39, 0.29) is 23.8 Å². The lowest BCUT2D eigenvalue weighted by Crippen LogP contribution is -2.37. The molecule has 0 spiro atoms. The number of pyridine rings is 1. The summed E-state index contributed by atoms with van der Waals surface area (Å²) < 4.78 is 11.6. The van der Waals surface area contributed by atoms with Gasteiger partial charge in [-0.05, 0) is 50.1 Å². The molecule has 1 aromatic heterocycles. The van der Waals surface area contributed by atoms with Crippen molar-refractivity contribution in [2.75, 3.05) is 45.9 Å². The Morgan fingerprint density at radius 1 is 1.11 bits per heavy atom. The van der Waals surface area contributed by atoms with Gasteiger partial charge in [0.05, 0.1) is 28.3 Å². The van der Waals surface area contributed by atoms with Crippen LogP contribution in [-0.4, -0.2) is 72.7 Å². The number of amides is 1. The Labute approximate surface area is 222 Å². The van der Waals surface area contributed by atoms with Gasteiger partial charge in [0.15, 0.2) is 0 Å². The molecule has 2 aliphatic heterocycles. The van der Waals surface area contributed by atoms with Crippen LogP contribution in [0.3, 0.4) is 0 Å². The average molecular weight is 541 g/mol. The van der Waals surface area contributed by atoms with E-state index in [4.69, 9.17) is 44.3 Å². The highest BCUT2D eigenvalue weighted by Gasteiger charge is 2.40. The number of ether oxygens (including phenoxy) is 2. The van der Waals surface area contributed by atoms with Crippen molar-refractivity contribution in [1.82, 2.24) is 14.8 Å². The fourth-order valence-corrected chi connectivity index (χ4v) is 5.33. The topological polar surface area (TPSA) is 54.9 Å². The molecule has 35 heavy (non-hydrogen) atoms. The van der Waals surface area contributed by atoms with Crippen LogP contribution in [0.4, 0.5) is 0 Å². The van der Waals surface area contributed by atoms with E-state index in [9.17, 15) is 4.79 Å². The van der Waals surface area contributed by atoms with E-state index in [0.29, 0.717) is 40.5 Å². The molecule has 6 nitrogen and oxygen atoms in total. The minimum Gasteiger partial charge on any atom is -0.474 e. The molecule has 1 aromatic carbocycles. The number of likely N-dealkylation sites (tertiary alicyclic amines) is 1. The van der Waals surface area contributed by atoms with Gasteiger partial charge in [0.1, 0.15) is 6.10 Å². The maximum atomic E-state index is 13.1. The lowest BCUT2D eigenvalue weighted by atomic mass is 9.86. The molecule has 0 radical (unpaired) electrons. The number of hydrogen-bond acceptors (Lipinski definition) is 5. The number of carbonyl (C=O) groups excluding carboxylic acids is 1. The third kappa shape index (κ3) is 7.23. The Balaban J connectivity index is 1.39. The van der Waals surface area contributed by atoms with Crippen LogP contribution >= 0.6 is 34.8 Å². The normalized spacial score (nSPS) is 21.8. The summed E-state index contributed by atoms with van der Waals surface area (Å²) in [4.78, 5) is 21.8. The Morgan fingerprint density at radius 2 is 1.91 bits per heavy atom. The zero-order valence-electron chi connectivity index (χ0n) is 20.0. The molecule has 0 aliphatic carbocycles. The number of morpholine rings is 1. The van der Waals surface area contributed by atoms with Crippen LogP contribution < -0.4 is 4.74 Å². The Morgan fingerprint density at radius 3 is 2.63 bits per heavy atom. The van der Waals surface area contributed by atoms with Crippen molar-refractivity contribution in [2.24, 2.45) is 5.92 Å². The highest BCUT2D eigenvalue weighted by atomic mass is 35.5. The Kier molecular flexibility index (Phi) is 9.53. The van der Waals surface area contributed by atoms with Crippen LogP contribution in [0.1, 0.15) is 37.7 Å². The van der Waals surface area contributed by atoms with Gasteiger partial charge in [0, 0.05) is 56.7 Å². The molecule has 3 unspecified atom stereocenters. The van der Waals surface area contributed by atoms with Crippen LogP contribution in [0.25, 0.3) is 0 Å². The molecule has 9 heteroatoms. The van der Waals surface area contributed by atoms with E-state index in [1.165, 1.54) is 0 Å². The SMILES string of the molecule is CC(Oc1ccc(Cl)cn1)C1CN(C(=O)CCCCN2CCOCC2)CC1c1ccc(Cl)c(Cl)c1. The first-order valence-corrected chi connectivity index (χ1v) is 13.3. The molecule has 3 atom stereocenters. The Hall–Kier alpha value is -1.57. The number of carbonyl (C=O) groups is 1. The number of aromatic nitrogens is 1. The van der Waals surface area contributed by atoms with E-state index >= 15 is 0 Å². The summed E-state index contributed by atoms with van der Waals surface area (Å²) in [5.74, 6) is 0.880. The Bertz CT molecular complexity index is 986. The first-order chi connectivity index (χ1) is 16.9. The molecule has 2 saturated heterocycles. The molecule has 0 bridgehead atoms. The maximum absolute atomic E-state index is 13.1. The van der Waals surface area contributed by atoms with Gasteiger partial charge in [0.25, 0.3) is 0 Å². The fraction of sp³-hybridized carbons (Fsp3) is 0.538. The molecule has 2 aromatic rings. The molecule has 0 N–H and O–H groups in total. The lowest BCUT2D eigenvalue weighted by Gasteiger charge is -2.26. The fourth-order valence-electron chi connectivity index (χ4n) is 4.91. The summed E-state index contributed by atoms with van der Waals surface area (Å²) in [7, 11) is 0. The third-order valence-corrected chi connectivity index (χ3v) is 7.88. The van der Waals surface area contributed by atoms with Crippen molar-refractivity contribution >= 4 is 40.7 Å². The highest BCUT2D eigenvalue weighted by molar-refractivity contribution is 6.42. The third-order valence-electron chi connectivity index (χ3n) is 6.92. The standard InChI is InChI=1S/C26H32Cl3N3O3/c1-18(35-25-8-6-20(27)15-30-25)21-16-32(17-22(21)19-5-7-23(28)24(29)14-19)26(33)4-2-3-9-31-10-12-34-13-11-31/h5-8,14-15,18,21-22H,2-4,9-13,16-17H2,1H3. The van der Waals surface area contributed by atoms with Crippen LogP contribution in [0.5, 0.6) is 5.88 Å². The molecule has 2 aliphatic rings. The second kappa shape index (κ2) is 12.6. The lowest BCUT2D eigenvalue weighted by molar-refractivity contribution is -0.130. The molecule has 2 fully saturated rings. The number of benzene rings is 1. The number of halogens is 3. The predicted octanol–water partition coefficient (Wildman–Crippen LogP) is 5.55. The summed E-state index contributed by atoms with van der Waals surface area (Å²) in [6.45, 7) is 7.87. The van der Waals surface area contributed by atoms with Crippen LogP contribution in [-0.2, 0) is 9.53 Å².